The predicted octanol–water partition coefficient (Wildman–Crippen LogP) is 3.69. The van der Waals surface area contributed by atoms with Crippen molar-refractivity contribution in [3.05, 3.63) is 46.8 Å². The molecule has 2 rings (SSSR count). The number of alkyl halides is 6. The minimum Gasteiger partial charge on any atom is -0.399 e. The SMILES string of the molecule is Cc1cc(C(=O)Cn2nc(C(F)(F)F)cc2C(F)(F)F)ccc1N. The van der Waals surface area contributed by atoms with Crippen LogP contribution >= 0.6 is 0 Å². The molecule has 0 aliphatic heterocycles. The first-order valence-electron chi connectivity index (χ1n) is 6.51. The van der Waals surface area contributed by atoms with Gasteiger partial charge in [0.15, 0.2) is 11.5 Å². The zero-order valence-corrected chi connectivity index (χ0v) is 12.2. The minimum absolute atomic E-state index is 0.0108. The Morgan fingerprint density at radius 1 is 1.12 bits per heavy atom. The highest BCUT2D eigenvalue weighted by atomic mass is 19.4. The number of anilines is 1. The lowest BCUT2D eigenvalue weighted by atomic mass is 10.1. The molecule has 130 valence electrons. The molecule has 4 nitrogen and oxygen atoms in total. The topological polar surface area (TPSA) is 60.9 Å². The summed E-state index contributed by atoms with van der Waals surface area (Å²) in [5, 5.41) is 2.88. The van der Waals surface area contributed by atoms with Crippen LogP contribution in [0.4, 0.5) is 32.0 Å². The molecule has 1 heterocycles. The van der Waals surface area contributed by atoms with Crippen molar-refractivity contribution in [3.8, 4) is 0 Å². The summed E-state index contributed by atoms with van der Waals surface area (Å²) in [6.45, 7) is 0.608. The quantitative estimate of drug-likeness (QED) is 0.521. The molecule has 0 atom stereocenters. The second kappa shape index (κ2) is 5.84. The molecular formula is C14H11F6N3O. The van der Waals surface area contributed by atoms with Crippen LogP contribution in [0, 0.1) is 6.92 Å². The summed E-state index contributed by atoms with van der Waals surface area (Å²) in [5.41, 5.74) is 3.14. The standard InChI is InChI=1S/C14H11F6N3O/c1-7-4-8(2-3-9(7)21)10(24)6-23-12(14(18,19)20)5-11(22-23)13(15,16)17/h2-5H,6,21H2,1H3. The molecule has 24 heavy (non-hydrogen) atoms. The smallest absolute Gasteiger partial charge is 0.399 e. The number of carbonyl (C=O) groups is 1. The van der Waals surface area contributed by atoms with Crippen LogP contribution in [0.25, 0.3) is 0 Å². The summed E-state index contributed by atoms with van der Waals surface area (Å²) in [7, 11) is 0. The van der Waals surface area contributed by atoms with Gasteiger partial charge < -0.3 is 5.73 Å². The highest BCUT2D eigenvalue weighted by Gasteiger charge is 2.42. The molecule has 0 unspecified atom stereocenters. The first kappa shape index (κ1) is 17.8. The van der Waals surface area contributed by atoms with Gasteiger partial charge in [-0.25, -0.2) is 0 Å². The maximum absolute atomic E-state index is 12.9. The lowest BCUT2D eigenvalue weighted by Crippen LogP contribution is -2.19. The van der Waals surface area contributed by atoms with Crippen LogP contribution in [0.5, 0.6) is 0 Å². The van der Waals surface area contributed by atoms with Crippen molar-refractivity contribution in [3.63, 3.8) is 0 Å². The molecule has 0 amide bonds. The number of nitrogens with two attached hydrogens (primary N) is 1. The van der Waals surface area contributed by atoms with E-state index >= 15 is 0 Å². The van der Waals surface area contributed by atoms with E-state index in [1.54, 1.807) is 6.92 Å². The summed E-state index contributed by atoms with van der Waals surface area (Å²) < 4.78 is 76.4. The number of halogens is 6. The van der Waals surface area contributed by atoms with Crippen molar-refractivity contribution in [2.45, 2.75) is 25.8 Å². The van der Waals surface area contributed by atoms with Crippen LogP contribution in [-0.4, -0.2) is 15.6 Å². The third-order valence-electron chi connectivity index (χ3n) is 3.25. The summed E-state index contributed by atoms with van der Waals surface area (Å²) in [4.78, 5) is 12.1. The van der Waals surface area contributed by atoms with Gasteiger partial charge in [0, 0.05) is 17.3 Å². The third-order valence-corrected chi connectivity index (χ3v) is 3.25. The Labute approximate surface area is 131 Å². The Bertz CT molecular complexity index is 776. The number of benzene rings is 1. The molecule has 2 aromatic rings. The van der Waals surface area contributed by atoms with Crippen LogP contribution in [0.2, 0.25) is 0 Å². The Balaban J connectivity index is 2.39. The molecule has 0 radical (unpaired) electrons. The number of rotatable bonds is 3. The normalized spacial score (nSPS) is 12.5. The predicted molar refractivity (Wildman–Crippen MR) is 72.2 cm³/mol. The molecule has 2 N–H and O–H groups in total. The number of aromatic nitrogens is 2. The third kappa shape index (κ3) is 3.69. The van der Waals surface area contributed by atoms with Crippen molar-refractivity contribution in [1.82, 2.24) is 9.78 Å². The van der Waals surface area contributed by atoms with E-state index in [9.17, 15) is 31.1 Å². The molecule has 0 spiro atoms. The molecule has 0 fully saturated rings. The second-order valence-corrected chi connectivity index (χ2v) is 5.06. The van der Waals surface area contributed by atoms with Gasteiger partial charge in [-0.2, -0.15) is 31.4 Å². The number of Topliss-reactive ketones (excluding diaryl/α,β-unsaturated/α-hetero) is 1. The number of carbonyl (C=O) groups excluding carboxylic acids is 1. The zero-order valence-electron chi connectivity index (χ0n) is 12.2. The average Bonchev–Trinajstić information content (AvgIpc) is 2.85. The van der Waals surface area contributed by atoms with Crippen molar-refractivity contribution in [1.29, 1.82) is 0 Å². The number of aryl methyl sites for hydroxylation is 1. The molecule has 0 bridgehead atoms. The Hall–Kier alpha value is -2.52. The monoisotopic (exact) mass is 351 g/mol. The van der Waals surface area contributed by atoms with Crippen LogP contribution in [-0.2, 0) is 18.9 Å². The highest BCUT2D eigenvalue weighted by Crippen LogP contribution is 2.35. The molecule has 1 aromatic carbocycles. The molecule has 0 aliphatic carbocycles. The van der Waals surface area contributed by atoms with Crippen LogP contribution in [0.3, 0.4) is 0 Å². The van der Waals surface area contributed by atoms with Gasteiger partial charge in [0.2, 0.25) is 0 Å². The van der Waals surface area contributed by atoms with E-state index in [0.717, 1.165) is 0 Å². The van der Waals surface area contributed by atoms with Gasteiger partial charge in [0.05, 0.1) is 0 Å². The summed E-state index contributed by atoms with van der Waals surface area (Å²) >= 11 is 0. The zero-order chi connectivity index (χ0) is 18.3. The molecule has 0 saturated carbocycles. The molecular weight excluding hydrogens is 340 g/mol. The number of hydrogen-bond donors (Lipinski definition) is 1. The molecule has 10 heteroatoms. The summed E-state index contributed by atoms with van der Waals surface area (Å²) in [6.07, 6.45) is -10.1. The van der Waals surface area contributed by atoms with E-state index in [-0.39, 0.29) is 16.3 Å². The summed E-state index contributed by atoms with van der Waals surface area (Å²) in [6, 6.07) is 3.89. The largest absolute Gasteiger partial charge is 0.435 e. The van der Waals surface area contributed by atoms with Gasteiger partial charge in [-0.3, -0.25) is 9.48 Å². The number of hydrogen-bond acceptors (Lipinski definition) is 3. The average molecular weight is 351 g/mol. The van der Waals surface area contributed by atoms with Gasteiger partial charge in [0.25, 0.3) is 0 Å². The van der Waals surface area contributed by atoms with E-state index in [4.69, 9.17) is 5.73 Å². The first-order valence-corrected chi connectivity index (χ1v) is 6.51. The van der Waals surface area contributed by atoms with Crippen molar-refractivity contribution in [2.24, 2.45) is 0 Å². The van der Waals surface area contributed by atoms with Gasteiger partial charge in [-0.1, -0.05) is 0 Å². The van der Waals surface area contributed by atoms with Gasteiger partial charge in [-0.15, -0.1) is 0 Å². The van der Waals surface area contributed by atoms with E-state index in [0.29, 0.717) is 11.3 Å². The van der Waals surface area contributed by atoms with Crippen molar-refractivity contribution in [2.75, 3.05) is 5.73 Å². The second-order valence-electron chi connectivity index (χ2n) is 5.06. The maximum atomic E-state index is 12.9. The fraction of sp³-hybridized carbons (Fsp3) is 0.286. The molecule has 1 aromatic heterocycles. The Morgan fingerprint density at radius 3 is 2.25 bits per heavy atom. The lowest BCUT2D eigenvalue weighted by molar-refractivity contribution is -0.144. The van der Waals surface area contributed by atoms with Crippen molar-refractivity contribution >= 4 is 11.5 Å². The van der Waals surface area contributed by atoms with Crippen molar-refractivity contribution < 1.29 is 31.1 Å². The first-order chi connectivity index (χ1) is 10.9. The molecule has 0 saturated heterocycles. The van der Waals surface area contributed by atoms with E-state index < -0.39 is 36.1 Å². The number of nitrogens with zero attached hydrogens (tertiary/aromatic N) is 2. The van der Waals surface area contributed by atoms with E-state index in [2.05, 4.69) is 5.10 Å². The number of nitrogen functional groups attached to an aromatic ring is 1. The van der Waals surface area contributed by atoms with E-state index in [1.807, 2.05) is 0 Å². The summed E-state index contributed by atoms with van der Waals surface area (Å²) in [5.74, 6) is -0.819. The van der Waals surface area contributed by atoms with Gasteiger partial charge in [-0.05, 0) is 30.7 Å². The highest BCUT2D eigenvalue weighted by molar-refractivity contribution is 5.96. The van der Waals surface area contributed by atoms with Crippen LogP contribution in [0.15, 0.2) is 24.3 Å². The van der Waals surface area contributed by atoms with Gasteiger partial charge in [0.1, 0.15) is 12.2 Å². The Kier molecular flexibility index (Phi) is 4.34. The van der Waals surface area contributed by atoms with Gasteiger partial charge >= 0.3 is 12.4 Å². The number of ketones is 1. The minimum atomic E-state index is -5.08. The fourth-order valence-corrected chi connectivity index (χ4v) is 1.98. The Morgan fingerprint density at radius 2 is 1.75 bits per heavy atom. The lowest BCUT2D eigenvalue weighted by Gasteiger charge is -2.10. The molecule has 0 aliphatic rings. The van der Waals surface area contributed by atoms with E-state index in [1.165, 1.54) is 18.2 Å². The fourth-order valence-electron chi connectivity index (χ4n) is 1.98. The maximum Gasteiger partial charge on any atom is 0.435 e. The van der Waals surface area contributed by atoms with Crippen LogP contribution < -0.4 is 5.73 Å². The van der Waals surface area contributed by atoms with Crippen LogP contribution in [0.1, 0.15) is 27.3 Å².